The number of ether oxygens (including phenoxy) is 1. The Balaban J connectivity index is 1.67. The Bertz CT molecular complexity index is 543. The Morgan fingerprint density at radius 3 is 2.64 bits per heavy atom. The van der Waals surface area contributed by atoms with Crippen LogP contribution in [0.5, 0.6) is 0 Å². The third-order valence-corrected chi connectivity index (χ3v) is 3.35. The molecule has 0 aliphatic carbocycles. The molecule has 0 fully saturated rings. The molecule has 2 aromatic rings. The van der Waals surface area contributed by atoms with Crippen LogP contribution >= 0.6 is 0 Å². The molecule has 2 rings (SSSR count). The van der Waals surface area contributed by atoms with Crippen molar-refractivity contribution in [1.82, 2.24) is 9.88 Å². The van der Waals surface area contributed by atoms with Crippen LogP contribution in [0, 0.1) is 6.92 Å². The van der Waals surface area contributed by atoms with Gasteiger partial charge in [0.1, 0.15) is 0 Å². The van der Waals surface area contributed by atoms with Crippen LogP contribution in [-0.4, -0.2) is 41.3 Å². The number of aliphatic hydroxyl groups excluding tert-OH is 1. The second-order valence-electron chi connectivity index (χ2n) is 5.68. The molecule has 4 nitrogen and oxygen atoms in total. The molecule has 0 radical (unpaired) electrons. The van der Waals surface area contributed by atoms with Gasteiger partial charge in [-0.15, -0.1) is 0 Å². The van der Waals surface area contributed by atoms with Crippen LogP contribution in [0.2, 0.25) is 0 Å². The minimum atomic E-state index is -0.501. The molecular weight excluding hydrogens is 276 g/mol. The van der Waals surface area contributed by atoms with Crippen LogP contribution in [0.1, 0.15) is 16.8 Å². The summed E-state index contributed by atoms with van der Waals surface area (Å²) in [6.45, 7) is 4.16. The van der Waals surface area contributed by atoms with E-state index in [1.54, 1.807) is 0 Å². The predicted octanol–water partition coefficient (Wildman–Crippen LogP) is 2.40. The largest absolute Gasteiger partial charge is 0.389 e. The van der Waals surface area contributed by atoms with E-state index in [0.717, 1.165) is 23.4 Å². The van der Waals surface area contributed by atoms with E-state index in [0.29, 0.717) is 19.8 Å². The molecule has 0 amide bonds. The van der Waals surface area contributed by atoms with Gasteiger partial charge in [-0.05, 0) is 31.2 Å². The third kappa shape index (κ3) is 5.93. The number of benzene rings is 1. The van der Waals surface area contributed by atoms with Gasteiger partial charge in [-0.1, -0.05) is 36.4 Å². The highest BCUT2D eigenvalue weighted by molar-refractivity contribution is 5.13. The van der Waals surface area contributed by atoms with Gasteiger partial charge < -0.3 is 9.84 Å². The number of aliphatic hydroxyl groups is 1. The Morgan fingerprint density at radius 1 is 1.18 bits per heavy atom. The number of rotatable bonds is 8. The first-order valence-corrected chi connectivity index (χ1v) is 7.53. The van der Waals surface area contributed by atoms with E-state index in [4.69, 9.17) is 4.74 Å². The van der Waals surface area contributed by atoms with Crippen molar-refractivity contribution in [3.05, 3.63) is 65.5 Å². The van der Waals surface area contributed by atoms with Gasteiger partial charge in [-0.2, -0.15) is 0 Å². The predicted molar refractivity (Wildman–Crippen MR) is 87.4 cm³/mol. The van der Waals surface area contributed by atoms with Gasteiger partial charge >= 0.3 is 0 Å². The molecule has 0 spiro atoms. The van der Waals surface area contributed by atoms with E-state index in [9.17, 15) is 5.11 Å². The van der Waals surface area contributed by atoms with Crippen LogP contribution in [-0.2, 0) is 17.9 Å². The first-order chi connectivity index (χ1) is 10.6. The molecule has 0 saturated carbocycles. The van der Waals surface area contributed by atoms with E-state index in [2.05, 4.69) is 11.1 Å². The van der Waals surface area contributed by atoms with E-state index < -0.39 is 6.10 Å². The molecular formula is C18H24N2O2. The highest BCUT2D eigenvalue weighted by Crippen LogP contribution is 2.04. The van der Waals surface area contributed by atoms with Crippen molar-refractivity contribution in [3.8, 4) is 0 Å². The van der Waals surface area contributed by atoms with Crippen molar-refractivity contribution >= 4 is 0 Å². The second-order valence-corrected chi connectivity index (χ2v) is 5.68. The lowest BCUT2D eigenvalue weighted by Gasteiger charge is -2.20. The Kier molecular flexibility index (Phi) is 6.52. The molecule has 0 aliphatic rings. The average Bonchev–Trinajstić information content (AvgIpc) is 2.50. The minimum Gasteiger partial charge on any atom is -0.389 e. The van der Waals surface area contributed by atoms with Crippen molar-refractivity contribution in [3.63, 3.8) is 0 Å². The normalized spacial score (nSPS) is 12.5. The van der Waals surface area contributed by atoms with Gasteiger partial charge in [0, 0.05) is 19.3 Å². The summed E-state index contributed by atoms with van der Waals surface area (Å²) in [7, 11) is 1.97. The molecule has 1 heterocycles. The van der Waals surface area contributed by atoms with Crippen LogP contribution in [0.15, 0.2) is 48.7 Å². The molecule has 0 saturated heterocycles. The molecule has 0 aliphatic heterocycles. The van der Waals surface area contributed by atoms with Crippen LogP contribution in [0.25, 0.3) is 0 Å². The number of pyridine rings is 1. The van der Waals surface area contributed by atoms with E-state index in [1.165, 1.54) is 0 Å². The van der Waals surface area contributed by atoms with Gasteiger partial charge in [-0.3, -0.25) is 9.88 Å². The molecule has 1 aromatic heterocycles. The number of nitrogens with zero attached hydrogens (tertiary/aromatic N) is 2. The minimum absolute atomic E-state index is 0.334. The average molecular weight is 300 g/mol. The SMILES string of the molecule is Cc1ccc(CN(C)CC(O)COCc2ccccc2)nc1. The van der Waals surface area contributed by atoms with Crippen molar-refractivity contribution in [1.29, 1.82) is 0 Å². The van der Waals surface area contributed by atoms with Crippen molar-refractivity contribution < 1.29 is 9.84 Å². The Morgan fingerprint density at radius 2 is 1.95 bits per heavy atom. The summed E-state index contributed by atoms with van der Waals surface area (Å²) in [4.78, 5) is 6.42. The van der Waals surface area contributed by atoms with Gasteiger partial charge in [0.2, 0.25) is 0 Å². The molecule has 22 heavy (non-hydrogen) atoms. The van der Waals surface area contributed by atoms with Gasteiger partial charge in [0.25, 0.3) is 0 Å². The first kappa shape index (κ1) is 16.6. The number of hydrogen-bond acceptors (Lipinski definition) is 4. The van der Waals surface area contributed by atoms with Crippen LogP contribution < -0.4 is 0 Å². The second kappa shape index (κ2) is 8.63. The van der Waals surface area contributed by atoms with Crippen LogP contribution in [0.4, 0.5) is 0 Å². The number of aryl methyl sites for hydroxylation is 1. The number of hydrogen-bond donors (Lipinski definition) is 1. The third-order valence-electron chi connectivity index (χ3n) is 3.35. The highest BCUT2D eigenvalue weighted by Gasteiger charge is 2.09. The molecule has 1 unspecified atom stereocenters. The zero-order valence-electron chi connectivity index (χ0n) is 13.3. The van der Waals surface area contributed by atoms with E-state index in [-0.39, 0.29) is 0 Å². The van der Waals surface area contributed by atoms with Crippen molar-refractivity contribution in [2.24, 2.45) is 0 Å². The monoisotopic (exact) mass is 300 g/mol. The summed E-state index contributed by atoms with van der Waals surface area (Å²) in [5.74, 6) is 0. The lowest BCUT2D eigenvalue weighted by molar-refractivity contribution is 0.0125. The fraction of sp³-hybridized carbons (Fsp3) is 0.389. The van der Waals surface area contributed by atoms with E-state index in [1.807, 2.05) is 61.5 Å². The molecule has 0 bridgehead atoms. The highest BCUT2D eigenvalue weighted by atomic mass is 16.5. The molecule has 1 atom stereocenters. The maximum atomic E-state index is 10.0. The molecule has 1 aromatic carbocycles. The van der Waals surface area contributed by atoms with Crippen molar-refractivity contribution in [2.75, 3.05) is 20.2 Å². The maximum absolute atomic E-state index is 10.0. The maximum Gasteiger partial charge on any atom is 0.0900 e. The Hall–Kier alpha value is -1.75. The standard InChI is InChI=1S/C18H24N2O2/c1-15-8-9-17(19-10-15)11-20(2)12-18(21)14-22-13-16-6-4-3-5-7-16/h3-10,18,21H,11-14H2,1-2H3. The number of aromatic nitrogens is 1. The fourth-order valence-corrected chi connectivity index (χ4v) is 2.23. The zero-order chi connectivity index (χ0) is 15.8. The summed E-state index contributed by atoms with van der Waals surface area (Å²) in [5, 5.41) is 10.0. The first-order valence-electron chi connectivity index (χ1n) is 7.53. The molecule has 1 N–H and O–H groups in total. The Labute approximate surface area is 132 Å². The zero-order valence-corrected chi connectivity index (χ0v) is 13.3. The van der Waals surface area contributed by atoms with Crippen molar-refractivity contribution in [2.45, 2.75) is 26.2 Å². The summed E-state index contributed by atoms with van der Waals surface area (Å²) in [5.41, 5.74) is 3.28. The lowest BCUT2D eigenvalue weighted by atomic mass is 10.2. The summed E-state index contributed by atoms with van der Waals surface area (Å²) in [6.07, 6.45) is 1.36. The molecule has 4 heteroatoms. The quantitative estimate of drug-likeness (QED) is 0.813. The summed E-state index contributed by atoms with van der Waals surface area (Å²) >= 11 is 0. The summed E-state index contributed by atoms with van der Waals surface area (Å²) < 4.78 is 5.56. The van der Waals surface area contributed by atoms with E-state index >= 15 is 0 Å². The topological polar surface area (TPSA) is 45.6 Å². The van der Waals surface area contributed by atoms with Gasteiger partial charge in [0.05, 0.1) is 25.0 Å². The van der Waals surface area contributed by atoms with Gasteiger partial charge in [0.15, 0.2) is 0 Å². The molecule has 118 valence electrons. The fourth-order valence-electron chi connectivity index (χ4n) is 2.23. The number of likely N-dealkylation sites (N-methyl/N-ethyl adjacent to an activating group) is 1. The van der Waals surface area contributed by atoms with Crippen LogP contribution in [0.3, 0.4) is 0 Å². The smallest absolute Gasteiger partial charge is 0.0900 e. The summed E-state index contributed by atoms with van der Waals surface area (Å²) in [6, 6.07) is 14.0. The van der Waals surface area contributed by atoms with Gasteiger partial charge in [-0.25, -0.2) is 0 Å². The lowest BCUT2D eigenvalue weighted by Crippen LogP contribution is -2.32.